The highest BCUT2D eigenvalue weighted by molar-refractivity contribution is 6.31. The Morgan fingerprint density at radius 2 is 2.14 bits per heavy atom. The number of hydrogen-bond acceptors (Lipinski definition) is 5. The second-order valence-corrected chi connectivity index (χ2v) is 6.81. The Hall–Kier alpha value is -2.55. The quantitative estimate of drug-likeness (QED) is 0.631. The van der Waals surface area contributed by atoms with E-state index in [0.29, 0.717) is 17.2 Å². The van der Waals surface area contributed by atoms with Gasteiger partial charge in [0.1, 0.15) is 30.8 Å². The van der Waals surface area contributed by atoms with Gasteiger partial charge in [0.25, 0.3) is 0 Å². The van der Waals surface area contributed by atoms with Gasteiger partial charge in [0, 0.05) is 11.6 Å². The van der Waals surface area contributed by atoms with Crippen molar-refractivity contribution >= 4 is 11.6 Å². The zero-order chi connectivity index (χ0) is 19.7. The molecule has 2 unspecified atom stereocenters. The van der Waals surface area contributed by atoms with Crippen molar-refractivity contribution in [3.63, 3.8) is 0 Å². The van der Waals surface area contributed by atoms with Crippen molar-refractivity contribution in [3.05, 3.63) is 71.3 Å². The molecule has 1 aliphatic heterocycles. The van der Waals surface area contributed by atoms with Gasteiger partial charge in [0.2, 0.25) is 5.79 Å². The molecule has 1 aliphatic rings. The van der Waals surface area contributed by atoms with E-state index < -0.39 is 17.4 Å². The topological polar surface area (TPSA) is 58.4 Å². The Bertz CT molecular complexity index is 987. The number of halogens is 3. The molecule has 9 heteroatoms. The summed E-state index contributed by atoms with van der Waals surface area (Å²) >= 11 is 6.47. The average molecular weight is 408 g/mol. The SMILES string of the molecule is CC1COC(Cn2cncn2)(c2ccc(Oc3cc(F)ccc3F)cc2Cl)O1. The second-order valence-electron chi connectivity index (χ2n) is 6.40. The first kappa shape index (κ1) is 18.8. The molecular weight excluding hydrogens is 392 g/mol. The molecule has 0 N–H and O–H groups in total. The maximum atomic E-state index is 13.8. The van der Waals surface area contributed by atoms with Gasteiger partial charge in [0.15, 0.2) is 11.6 Å². The van der Waals surface area contributed by atoms with E-state index in [0.717, 1.165) is 18.2 Å². The van der Waals surface area contributed by atoms with Gasteiger partial charge in [-0.25, -0.2) is 18.4 Å². The first-order chi connectivity index (χ1) is 13.4. The lowest BCUT2D eigenvalue weighted by molar-refractivity contribution is -0.186. The summed E-state index contributed by atoms with van der Waals surface area (Å²) in [5, 5.41) is 4.39. The fourth-order valence-electron chi connectivity index (χ4n) is 3.03. The Balaban J connectivity index is 1.65. The number of nitrogens with zero attached hydrogens (tertiary/aromatic N) is 3. The van der Waals surface area contributed by atoms with Gasteiger partial charge < -0.3 is 14.2 Å². The summed E-state index contributed by atoms with van der Waals surface area (Å²) in [6.45, 7) is 2.52. The third-order valence-corrected chi connectivity index (χ3v) is 4.56. The lowest BCUT2D eigenvalue weighted by atomic mass is 10.1. The van der Waals surface area contributed by atoms with E-state index >= 15 is 0 Å². The van der Waals surface area contributed by atoms with Crippen LogP contribution in [-0.2, 0) is 21.8 Å². The van der Waals surface area contributed by atoms with Crippen LogP contribution in [0.5, 0.6) is 11.5 Å². The van der Waals surface area contributed by atoms with Crippen LogP contribution < -0.4 is 4.74 Å². The molecule has 28 heavy (non-hydrogen) atoms. The lowest BCUT2D eigenvalue weighted by Gasteiger charge is -2.29. The van der Waals surface area contributed by atoms with Crippen LogP contribution in [0.2, 0.25) is 5.02 Å². The van der Waals surface area contributed by atoms with E-state index in [-0.39, 0.29) is 24.1 Å². The molecule has 2 atom stereocenters. The van der Waals surface area contributed by atoms with Gasteiger partial charge in [-0.05, 0) is 37.3 Å². The van der Waals surface area contributed by atoms with Crippen molar-refractivity contribution in [3.8, 4) is 11.5 Å². The van der Waals surface area contributed by atoms with Gasteiger partial charge in [0.05, 0.1) is 17.7 Å². The van der Waals surface area contributed by atoms with Crippen LogP contribution >= 0.6 is 11.6 Å². The highest BCUT2D eigenvalue weighted by atomic mass is 35.5. The second kappa shape index (κ2) is 7.46. The highest BCUT2D eigenvalue weighted by Crippen LogP contribution is 2.41. The van der Waals surface area contributed by atoms with E-state index in [4.69, 9.17) is 25.8 Å². The molecule has 0 bridgehead atoms. The summed E-state index contributed by atoms with van der Waals surface area (Å²) in [5.41, 5.74) is 0.570. The van der Waals surface area contributed by atoms with Crippen LogP contribution in [0, 0.1) is 11.6 Å². The molecule has 0 spiro atoms. The summed E-state index contributed by atoms with van der Waals surface area (Å²) in [4.78, 5) is 3.93. The van der Waals surface area contributed by atoms with Gasteiger partial charge in [-0.3, -0.25) is 0 Å². The molecule has 2 heterocycles. The molecule has 0 radical (unpaired) electrons. The first-order valence-electron chi connectivity index (χ1n) is 8.52. The van der Waals surface area contributed by atoms with Crippen LogP contribution in [0.3, 0.4) is 0 Å². The van der Waals surface area contributed by atoms with E-state index in [1.807, 2.05) is 6.92 Å². The molecular formula is C19H16ClF2N3O3. The summed E-state index contributed by atoms with van der Waals surface area (Å²) in [6.07, 6.45) is 2.82. The molecule has 146 valence electrons. The molecule has 1 fully saturated rings. The minimum absolute atomic E-state index is 0.142. The molecule has 1 aromatic heterocycles. The molecule has 6 nitrogen and oxygen atoms in total. The predicted molar refractivity (Wildman–Crippen MR) is 96.1 cm³/mol. The Morgan fingerprint density at radius 1 is 1.29 bits per heavy atom. The molecule has 2 aromatic carbocycles. The number of ether oxygens (including phenoxy) is 3. The molecule has 0 aliphatic carbocycles. The third kappa shape index (κ3) is 3.71. The van der Waals surface area contributed by atoms with Crippen LogP contribution in [0.4, 0.5) is 8.78 Å². The minimum atomic E-state index is -1.15. The molecule has 4 rings (SSSR count). The minimum Gasteiger partial charge on any atom is -0.454 e. The van der Waals surface area contributed by atoms with Crippen molar-refractivity contribution in [1.29, 1.82) is 0 Å². The van der Waals surface area contributed by atoms with Gasteiger partial charge in [-0.1, -0.05) is 11.6 Å². The number of rotatable bonds is 5. The number of aromatic nitrogens is 3. The summed E-state index contributed by atoms with van der Waals surface area (Å²) in [7, 11) is 0. The summed E-state index contributed by atoms with van der Waals surface area (Å²) < 4.78 is 46.2. The van der Waals surface area contributed by atoms with E-state index in [9.17, 15) is 8.78 Å². The third-order valence-electron chi connectivity index (χ3n) is 4.25. The predicted octanol–water partition coefficient (Wildman–Crippen LogP) is 4.29. The maximum absolute atomic E-state index is 13.8. The molecule has 0 saturated carbocycles. The Labute approximate surface area is 164 Å². The van der Waals surface area contributed by atoms with Crippen LogP contribution in [0.25, 0.3) is 0 Å². The average Bonchev–Trinajstić information content (AvgIpc) is 3.29. The van der Waals surface area contributed by atoms with E-state index in [1.165, 1.54) is 12.4 Å². The van der Waals surface area contributed by atoms with Gasteiger partial charge in [-0.2, -0.15) is 5.10 Å². The summed E-state index contributed by atoms with van der Waals surface area (Å²) in [5.74, 6) is -2.41. The normalized spacial score (nSPS) is 21.8. The zero-order valence-corrected chi connectivity index (χ0v) is 15.6. The van der Waals surface area contributed by atoms with Crippen molar-refractivity contribution in [1.82, 2.24) is 14.8 Å². The fourth-order valence-corrected chi connectivity index (χ4v) is 3.35. The smallest absolute Gasteiger partial charge is 0.217 e. The van der Waals surface area contributed by atoms with Crippen LogP contribution in [-0.4, -0.2) is 27.5 Å². The molecule has 3 aromatic rings. The van der Waals surface area contributed by atoms with Crippen molar-refractivity contribution in [2.75, 3.05) is 6.61 Å². The standard InChI is InChI=1S/C19H16ClF2N3O3/c1-12-8-26-19(28-12,9-25-11-23-10-24-25)15-4-3-14(7-16(15)20)27-18-6-13(21)2-5-17(18)22/h2-7,10-12H,8-9H2,1H3. The zero-order valence-electron chi connectivity index (χ0n) is 14.8. The highest BCUT2D eigenvalue weighted by Gasteiger charge is 2.44. The lowest BCUT2D eigenvalue weighted by Crippen LogP contribution is -2.34. The van der Waals surface area contributed by atoms with Crippen LogP contribution in [0.15, 0.2) is 49.1 Å². The van der Waals surface area contributed by atoms with Gasteiger partial charge >= 0.3 is 0 Å². The van der Waals surface area contributed by atoms with E-state index in [2.05, 4.69) is 10.1 Å². The molecule has 1 saturated heterocycles. The fraction of sp³-hybridized carbons (Fsp3) is 0.263. The number of benzene rings is 2. The van der Waals surface area contributed by atoms with E-state index in [1.54, 1.807) is 23.1 Å². The first-order valence-corrected chi connectivity index (χ1v) is 8.90. The molecule has 0 amide bonds. The monoisotopic (exact) mass is 407 g/mol. The largest absolute Gasteiger partial charge is 0.454 e. The van der Waals surface area contributed by atoms with Crippen molar-refractivity contribution in [2.45, 2.75) is 25.4 Å². The van der Waals surface area contributed by atoms with Gasteiger partial charge in [-0.15, -0.1) is 0 Å². The Kier molecular flexibility index (Phi) is 5.01. The Morgan fingerprint density at radius 3 is 2.82 bits per heavy atom. The number of hydrogen-bond donors (Lipinski definition) is 0. The van der Waals surface area contributed by atoms with Crippen molar-refractivity contribution in [2.24, 2.45) is 0 Å². The summed E-state index contributed by atoms with van der Waals surface area (Å²) in [6, 6.07) is 7.74. The van der Waals surface area contributed by atoms with Crippen LogP contribution in [0.1, 0.15) is 12.5 Å². The maximum Gasteiger partial charge on any atom is 0.217 e. The van der Waals surface area contributed by atoms with Crippen molar-refractivity contribution < 1.29 is 23.0 Å².